The van der Waals surface area contributed by atoms with Gasteiger partial charge >= 0.3 is 0 Å². The highest BCUT2D eigenvalue weighted by Crippen LogP contribution is 2.37. The first-order valence-corrected chi connectivity index (χ1v) is 7.07. The Kier molecular flexibility index (Phi) is 4.58. The lowest BCUT2D eigenvalue weighted by molar-refractivity contribution is -0.0440. The predicted octanol–water partition coefficient (Wildman–Crippen LogP) is 3.51. The van der Waals surface area contributed by atoms with Gasteiger partial charge in [-0.15, -0.1) is 0 Å². The zero-order valence-electron chi connectivity index (χ0n) is 12.1. The first-order chi connectivity index (χ1) is 9.04. The van der Waals surface area contributed by atoms with Gasteiger partial charge in [0.1, 0.15) is 5.82 Å². The fourth-order valence-electron chi connectivity index (χ4n) is 3.15. The maximum atomic E-state index is 13.6. The maximum absolute atomic E-state index is 13.6. The molecule has 0 bridgehead atoms. The van der Waals surface area contributed by atoms with Crippen molar-refractivity contribution in [3.8, 4) is 0 Å². The third kappa shape index (κ3) is 3.34. The molecule has 0 aliphatic heterocycles. The second-order valence-corrected chi connectivity index (χ2v) is 6.09. The first-order valence-electron chi connectivity index (χ1n) is 7.07. The van der Waals surface area contributed by atoms with Gasteiger partial charge in [-0.25, -0.2) is 4.39 Å². The molecule has 1 aliphatic carbocycles. The lowest BCUT2D eigenvalue weighted by Crippen LogP contribution is -2.52. The Balaban J connectivity index is 2.00. The summed E-state index contributed by atoms with van der Waals surface area (Å²) in [5, 5.41) is 3.38. The van der Waals surface area contributed by atoms with Crippen LogP contribution in [0.3, 0.4) is 0 Å². The topological polar surface area (TPSA) is 21.3 Å². The molecule has 19 heavy (non-hydrogen) atoms. The molecule has 0 aromatic heterocycles. The van der Waals surface area contributed by atoms with Crippen LogP contribution in [0.2, 0.25) is 0 Å². The highest BCUT2D eigenvalue weighted by molar-refractivity contribution is 5.16. The molecule has 0 amide bonds. The minimum absolute atomic E-state index is 0.161. The van der Waals surface area contributed by atoms with Crippen LogP contribution in [-0.4, -0.2) is 19.2 Å². The van der Waals surface area contributed by atoms with E-state index in [-0.39, 0.29) is 17.3 Å². The van der Waals surface area contributed by atoms with E-state index >= 15 is 0 Å². The van der Waals surface area contributed by atoms with E-state index in [1.807, 2.05) is 13.1 Å². The molecule has 2 rings (SSSR count). The molecular formula is C16H24FNO. The third-order valence-electron chi connectivity index (χ3n) is 4.25. The molecule has 0 radical (unpaired) electrons. The van der Waals surface area contributed by atoms with Crippen LogP contribution < -0.4 is 5.32 Å². The number of rotatable bonds is 4. The Labute approximate surface area is 115 Å². The van der Waals surface area contributed by atoms with Gasteiger partial charge in [0, 0.05) is 11.6 Å². The molecule has 1 saturated carbocycles. The Morgan fingerprint density at radius 1 is 1.37 bits per heavy atom. The van der Waals surface area contributed by atoms with E-state index in [1.165, 1.54) is 18.9 Å². The van der Waals surface area contributed by atoms with E-state index in [1.54, 1.807) is 12.1 Å². The number of halogens is 1. The highest BCUT2D eigenvalue weighted by Gasteiger charge is 2.38. The highest BCUT2D eigenvalue weighted by atomic mass is 19.1. The van der Waals surface area contributed by atoms with E-state index in [0.717, 1.165) is 6.42 Å². The normalized spacial score (nSPS) is 26.3. The van der Waals surface area contributed by atoms with Crippen LogP contribution in [0.15, 0.2) is 24.3 Å². The second-order valence-electron chi connectivity index (χ2n) is 6.09. The van der Waals surface area contributed by atoms with Crippen molar-refractivity contribution in [2.45, 2.75) is 51.9 Å². The Hall–Kier alpha value is -0.930. The van der Waals surface area contributed by atoms with Crippen LogP contribution in [0.1, 0.15) is 38.7 Å². The molecular weight excluding hydrogens is 241 g/mol. The number of nitrogens with one attached hydrogen (secondary N) is 1. The average Bonchev–Trinajstić information content (AvgIpc) is 2.37. The molecule has 106 valence electrons. The molecule has 0 heterocycles. The van der Waals surface area contributed by atoms with Gasteiger partial charge in [-0.3, -0.25) is 0 Å². The summed E-state index contributed by atoms with van der Waals surface area (Å²) in [5.74, 6) is -0.182. The van der Waals surface area contributed by atoms with Gasteiger partial charge in [0.25, 0.3) is 0 Å². The van der Waals surface area contributed by atoms with Gasteiger partial charge in [0.2, 0.25) is 0 Å². The number of benzene rings is 1. The SMILES string of the molecule is CNC1C(OCc2ccccc2F)CCCC1(C)C. The number of ether oxygens (including phenoxy) is 1. The van der Waals surface area contributed by atoms with Crippen molar-refractivity contribution in [3.63, 3.8) is 0 Å². The largest absolute Gasteiger partial charge is 0.372 e. The molecule has 1 N–H and O–H groups in total. The van der Waals surface area contributed by atoms with E-state index in [4.69, 9.17) is 4.74 Å². The average molecular weight is 265 g/mol. The van der Waals surface area contributed by atoms with Gasteiger partial charge in [-0.05, 0) is 31.4 Å². The fraction of sp³-hybridized carbons (Fsp3) is 0.625. The van der Waals surface area contributed by atoms with Crippen molar-refractivity contribution in [2.24, 2.45) is 5.41 Å². The lowest BCUT2D eigenvalue weighted by atomic mass is 9.72. The second kappa shape index (κ2) is 6.02. The molecule has 2 nitrogen and oxygen atoms in total. The summed E-state index contributed by atoms with van der Waals surface area (Å²) >= 11 is 0. The Morgan fingerprint density at radius 2 is 2.11 bits per heavy atom. The van der Waals surface area contributed by atoms with Crippen LogP contribution >= 0.6 is 0 Å². The smallest absolute Gasteiger partial charge is 0.128 e. The van der Waals surface area contributed by atoms with Crippen molar-refractivity contribution >= 4 is 0 Å². The maximum Gasteiger partial charge on any atom is 0.128 e. The Morgan fingerprint density at radius 3 is 2.79 bits per heavy atom. The summed E-state index contributed by atoms with van der Waals surface area (Å²) in [6, 6.07) is 7.16. The number of hydrogen-bond donors (Lipinski definition) is 1. The molecule has 0 spiro atoms. The number of hydrogen-bond acceptors (Lipinski definition) is 2. The molecule has 2 atom stereocenters. The molecule has 2 unspecified atom stereocenters. The fourth-order valence-corrected chi connectivity index (χ4v) is 3.15. The molecule has 1 aromatic rings. The zero-order valence-corrected chi connectivity index (χ0v) is 12.1. The van der Waals surface area contributed by atoms with E-state index in [9.17, 15) is 4.39 Å². The van der Waals surface area contributed by atoms with Crippen LogP contribution in [0, 0.1) is 11.2 Å². The summed E-state index contributed by atoms with van der Waals surface area (Å²) in [6.07, 6.45) is 3.59. The van der Waals surface area contributed by atoms with E-state index in [2.05, 4.69) is 19.2 Å². The summed E-state index contributed by atoms with van der Waals surface area (Å²) < 4.78 is 19.6. The summed E-state index contributed by atoms with van der Waals surface area (Å²) in [5.41, 5.74) is 0.869. The summed E-state index contributed by atoms with van der Waals surface area (Å²) in [6.45, 7) is 4.89. The predicted molar refractivity (Wildman–Crippen MR) is 75.5 cm³/mol. The molecule has 1 fully saturated rings. The lowest BCUT2D eigenvalue weighted by Gasteiger charge is -2.43. The van der Waals surface area contributed by atoms with Crippen LogP contribution in [0.25, 0.3) is 0 Å². The molecule has 1 aromatic carbocycles. The van der Waals surface area contributed by atoms with E-state index < -0.39 is 0 Å². The van der Waals surface area contributed by atoms with Gasteiger partial charge in [0.15, 0.2) is 0 Å². The monoisotopic (exact) mass is 265 g/mol. The van der Waals surface area contributed by atoms with Crippen molar-refractivity contribution in [2.75, 3.05) is 7.05 Å². The molecule has 0 saturated heterocycles. The van der Waals surface area contributed by atoms with Crippen molar-refractivity contribution < 1.29 is 9.13 Å². The quantitative estimate of drug-likeness (QED) is 0.899. The molecule has 3 heteroatoms. The molecule has 1 aliphatic rings. The minimum atomic E-state index is -0.182. The van der Waals surface area contributed by atoms with Gasteiger partial charge < -0.3 is 10.1 Å². The van der Waals surface area contributed by atoms with Gasteiger partial charge in [-0.1, -0.05) is 38.5 Å². The Bertz CT molecular complexity index is 419. The minimum Gasteiger partial charge on any atom is -0.372 e. The van der Waals surface area contributed by atoms with Crippen molar-refractivity contribution in [3.05, 3.63) is 35.6 Å². The zero-order chi connectivity index (χ0) is 13.9. The van der Waals surface area contributed by atoms with Crippen molar-refractivity contribution in [1.82, 2.24) is 5.32 Å². The summed E-state index contributed by atoms with van der Waals surface area (Å²) in [4.78, 5) is 0. The van der Waals surface area contributed by atoms with Crippen LogP contribution in [-0.2, 0) is 11.3 Å². The first kappa shape index (κ1) is 14.5. The van der Waals surface area contributed by atoms with Crippen LogP contribution in [0.5, 0.6) is 0 Å². The van der Waals surface area contributed by atoms with Gasteiger partial charge in [0.05, 0.1) is 12.7 Å². The number of likely N-dealkylation sites (N-methyl/N-ethyl adjacent to an activating group) is 1. The third-order valence-corrected chi connectivity index (χ3v) is 4.25. The van der Waals surface area contributed by atoms with E-state index in [0.29, 0.717) is 18.2 Å². The van der Waals surface area contributed by atoms with Gasteiger partial charge in [-0.2, -0.15) is 0 Å². The standard InChI is InChI=1S/C16H24FNO/c1-16(2)10-6-9-14(15(16)18-3)19-11-12-7-4-5-8-13(12)17/h4-5,7-8,14-15,18H,6,9-11H2,1-3H3. The van der Waals surface area contributed by atoms with Crippen molar-refractivity contribution in [1.29, 1.82) is 0 Å². The van der Waals surface area contributed by atoms with Crippen LogP contribution in [0.4, 0.5) is 4.39 Å². The summed E-state index contributed by atoms with van der Waals surface area (Å²) in [7, 11) is 1.98.